The molecule has 31 heavy (non-hydrogen) atoms. The molecular weight excluding hydrogens is 400 g/mol. The maximum atomic E-state index is 13.9. The van der Waals surface area contributed by atoms with E-state index in [0.29, 0.717) is 24.8 Å². The van der Waals surface area contributed by atoms with Gasteiger partial charge in [-0.25, -0.2) is 0 Å². The Morgan fingerprint density at radius 3 is 2.23 bits per heavy atom. The molecule has 1 N–H and O–H groups in total. The summed E-state index contributed by atoms with van der Waals surface area (Å²) in [7, 11) is 0. The van der Waals surface area contributed by atoms with Gasteiger partial charge in [-0.3, -0.25) is 19.2 Å². The number of aliphatic hydroxyl groups is 1. The van der Waals surface area contributed by atoms with Crippen LogP contribution in [0.4, 0.5) is 0 Å². The highest BCUT2D eigenvalue weighted by Crippen LogP contribution is 2.65. The lowest BCUT2D eigenvalue weighted by molar-refractivity contribution is -0.165. The highest BCUT2D eigenvalue weighted by molar-refractivity contribution is 6.20. The van der Waals surface area contributed by atoms with Crippen molar-refractivity contribution in [2.75, 3.05) is 0 Å². The van der Waals surface area contributed by atoms with Crippen molar-refractivity contribution in [2.24, 2.45) is 22.7 Å². The average molecular weight is 428 g/mol. The predicted molar refractivity (Wildman–Crippen MR) is 109 cm³/mol. The molecule has 0 bridgehead atoms. The molecule has 0 aromatic heterocycles. The summed E-state index contributed by atoms with van der Waals surface area (Å²) in [6, 6.07) is 0. The maximum absolute atomic E-state index is 13.9. The van der Waals surface area contributed by atoms with Gasteiger partial charge >= 0.3 is 11.9 Å². The molecule has 0 radical (unpaired) electrons. The number of esters is 2. The van der Waals surface area contributed by atoms with E-state index in [4.69, 9.17) is 9.47 Å². The zero-order chi connectivity index (χ0) is 23.0. The second-order valence-electron chi connectivity index (χ2n) is 9.66. The molecular formula is C24H28O7. The highest BCUT2D eigenvalue weighted by atomic mass is 16.6. The van der Waals surface area contributed by atoms with Gasteiger partial charge in [-0.1, -0.05) is 32.6 Å². The van der Waals surface area contributed by atoms with Gasteiger partial charge in [0.2, 0.25) is 5.78 Å². The SMILES string of the molecule is C=C1CC[C@]2(C)C3=C(C(=O)[C@]4(C[C@H]4C)[C@@H](OC(C)=O)C3=O)[C@H](OC(C)=O)[C@@H](O)[C@H]2C1=C. The Balaban J connectivity index is 1.98. The Morgan fingerprint density at radius 2 is 1.71 bits per heavy atom. The van der Waals surface area contributed by atoms with E-state index < -0.39 is 52.8 Å². The lowest BCUT2D eigenvalue weighted by Gasteiger charge is -2.54. The first kappa shape index (κ1) is 21.7. The van der Waals surface area contributed by atoms with Crippen LogP contribution in [0.25, 0.3) is 0 Å². The van der Waals surface area contributed by atoms with Crippen LogP contribution in [0.1, 0.15) is 47.0 Å². The first-order valence-corrected chi connectivity index (χ1v) is 10.6. The number of ether oxygens (including phenoxy) is 2. The molecule has 2 saturated carbocycles. The number of carbonyl (C=O) groups excluding carboxylic acids is 4. The Hall–Kier alpha value is -2.54. The summed E-state index contributed by atoms with van der Waals surface area (Å²) in [5, 5.41) is 11.3. The summed E-state index contributed by atoms with van der Waals surface area (Å²) in [4.78, 5) is 51.4. The van der Waals surface area contributed by atoms with E-state index in [9.17, 15) is 24.3 Å². The van der Waals surface area contributed by atoms with Crippen molar-refractivity contribution >= 4 is 23.5 Å². The third-order valence-electron chi connectivity index (χ3n) is 7.80. The first-order valence-electron chi connectivity index (χ1n) is 10.6. The Kier molecular flexibility index (Phi) is 4.71. The van der Waals surface area contributed by atoms with Crippen molar-refractivity contribution in [2.45, 2.75) is 65.3 Å². The normalized spacial score (nSPS) is 41.6. The van der Waals surface area contributed by atoms with Gasteiger partial charge < -0.3 is 14.6 Å². The monoisotopic (exact) mass is 428 g/mol. The summed E-state index contributed by atoms with van der Waals surface area (Å²) in [5.41, 5.74) is -0.504. The third kappa shape index (κ3) is 2.75. The van der Waals surface area contributed by atoms with Crippen molar-refractivity contribution in [3.8, 4) is 0 Å². The molecule has 0 aromatic carbocycles. The van der Waals surface area contributed by atoms with Gasteiger partial charge in [0.15, 0.2) is 18.0 Å². The van der Waals surface area contributed by atoms with Crippen molar-refractivity contribution in [3.05, 3.63) is 35.5 Å². The van der Waals surface area contributed by atoms with E-state index >= 15 is 0 Å². The molecule has 4 aliphatic rings. The lowest BCUT2D eigenvalue weighted by atomic mass is 9.50. The fraction of sp³-hybridized carbons (Fsp3) is 0.583. The van der Waals surface area contributed by atoms with Gasteiger partial charge in [0, 0.05) is 36.3 Å². The fourth-order valence-electron chi connectivity index (χ4n) is 6.14. The van der Waals surface area contributed by atoms with Crippen LogP contribution in [-0.4, -0.2) is 46.9 Å². The van der Waals surface area contributed by atoms with Crippen molar-refractivity contribution in [1.29, 1.82) is 0 Å². The Bertz CT molecular complexity index is 988. The lowest BCUT2D eigenvalue weighted by Crippen LogP contribution is -2.61. The Labute approximate surface area is 181 Å². The summed E-state index contributed by atoms with van der Waals surface area (Å²) < 4.78 is 10.9. The molecule has 0 amide bonds. The zero-order valence-corrected chi connectivity index (χ0v) is 18.3. The number of aliphatic hydroxyl groups excluding tert-OH is 1. The number of allylic oxidation sites excluding steroid dienone is 1. The average Bonchev–Trinajstić information content (AvgIpc) is 3.34. The second-order valence-corrected chi connectivity index (χ2v) is 9.66. The van der Waals surface area contributed by atoms with Crippen LogP contribution in [0.5, 0.6) is 0 Å². The standard InChI is InChI=1S/C24H28O7/c1-10-7-8-23(6)16(12(10)3)18(27)20(30-13(4)25)15-17(23)19(28)22(31-14(5)26)24(21(15)29)9-11(24)2/h11,16,18,20,22,27H,1,3,7-9H2,2,4-6H3/t11-,16-,18+,20+,22+,23+,24-/m1/s1. The summed E-state index contributed by atoms with van der Waals surface area (Å²) in [6.45, 7) is 14.2. The molecule has 0 aromatic rings. The molecule has 0 aliphatic heterocycles. The molecule has 4 aliphatic carbocycles. The molecule has 166 valence electrons. The van der Waals surface area contributed by atoms with E-state index in [1.807, 2.05) is 13.8 Å². The molecule has 7 nitrogen and oxygen atoms in total. The number of hydrogen-bond acceptors (Lipinski definition) is 7. The van der Waals surface area contributed by atoms with Crippen LogP contribution < -0.4 is 0 Å². The summed E-state index contributed by atoms with van der Waals surface area (Å²) >= 11 is 0. The number of rotatable bonds is 2. The smallest absolute Gasteiger partial charge is 0.303 e. The fourth-order valence-corrected chi connectivity index (χ4v) is 6.14. The summed E-state index contributed by atoms with van der Waals surface area (Å²) in [5.74, 6) is -2.95. The zero-order valence-electron chi connectivity index (χ0n) is 18.3. The number of Topliss-reactive ketones (excluding diaryl/α,β-unsaturated/α-hetero) is 2. The number of carbonyl (C=O) groups is 4. The first-order chi connectivity index (χ1) is 14.4. The molecule has 7 heteroatoms. The van der Waals surface area contributed by atoms with Crippen LogP contribution in [0.2, 0.25) is 0 Å². The molecule has 1 spiro atoms. The second kappa shape index (κ2) is 6.73. The maximum Gasteiger partial charge on any atom is 0.303 e. The van der Waals surface area contributed by atoms with Crippen LogP contribution >= 0.6 is 0 Å². The molecule has 0 unspecified atom stereocenters. The van der Waals surface area contributed by atoms with Crippen molar-refractivity contribution in [3.63, 3.8) is 0 Å². The van der Waals surface area contributed by atoms with Crippen molar-refractivity contribution < 1.29 is 33.8 Å². The number of ketones is 2. The van der Waals surface area contributed by atoms with E-state index in [1.165, 1.54) is 13.8 Å². The van der Waals surface area contributed by atoms with Gasteiger partial charge in [-0.2, -0.15) is 0 Å². The van der Waals surface area contributed by atoms with Gasteiger partial charge in [0.25, 0.3) is 0 Å². The van der Waals surface area contributed by atoms with Crippen LogP contribution in [0.3, 0.4) is 0 Å². The third-order valence-corrected chi connectivity index (χ3v) is 7.80. The van der Waals surface area contributed by atoms with E-state index in [-0.39, 0.29) is 22.8 Å². The largest absolute Gasteiger partial charge is 0.455 e. The highest BCUT2D eigenvalue weighted by Gasteiger charge is 2.73. The van der Waals surface area contributed by atoms with E-state index in [2.05, 4.69) is 13.2 Å². The molecule has 0 heterocycles. The number of hydrogen-bond donors (Lipinski definition) is 1. The van der Waals surface area contributed by atoms with Gasteiger partial charge in [-0.05, 0) is 30.8 Å². The Morgan fingerprint density at radius 1 is 1.13 bits per heavy atom. The molecule has 4 rings (SSSR count). The quantitative estimate of drug-likeness (QED) is 0.672. The molecule has 2 fully saturated rings. The van der Waals surface area contributed by atoms with Crippen LogP contribution in [-0.2, 0) is 28.7 Å². The van der Waals surface area contributed by atoms with Gasteiger partial charge in [-0.15, -0.1) is 0 Å². The topological polar surface area (TPSA) is 107 Å². The predicted octanol–water partition coefficient (Wildman–Crippen LogP) is 2.23. The van der Waals surface area contributed by atoms with E-state index in [1.54, 1.807) is 0 Å². The van der Waals surface area contributed by atoms with Gasteiger partial charge in [0.05, 0.1) is 5.41 Å². The summed E-state index contributed by atoms with van der Waals surface area (Å²) in [6.07, 6.45) is -2.34. The van der Waals surface area contributed by atoms with Crippen LogP contribution in [0, 0.1) is 22.7 Å². The van der Waals surface area contributed by atoms with Gasteiger partial charge in [0.1, 0.15) is 6.10 Å². The number of fused-ring (bicyclic) bond motifs is 2. The van der Waals surface area contributed by atoms with Crippen LogP contribution in [0.15, 0.2) is 35.5 Å². The minimum absolute atomic E-state index is 0.0551. The van der Waals surface area contributed by atoms with Crippen molar-refractivity contribution in [1.82, 2.24) is 0 Å². The minimum atomic E-state index is -1.28. The molecule has 7 atom stereocenters. The molecule has 0 saturated heterocycles. The van der Waals surface area contributed by atoms with E-state index in [0.717, 1.165) is 5.57 Å². The minimum Gasteiger partial charge on any atom is -0.455 e.